The predicted octanol–water partition coefficient (Wildman–Crippen LogP) is 2.87. The second-order valence-electron chi connectivity index (χ2n) is 8.31. The summed E-state index contributed by atoms with van der Waals surface area (Å²) < 4.78 is 34.4. The molecule has 172 valence electrons. The van der Waals surface area contributed by atoms with Gasteiger partial charge in [0.05, 0.1) is 6.61 Å². The van der Waals surface area contributed by atoms with Crippen LogP contribution in [-0.2, 0) is 39.4 Å². The number of benzene rings is 1. The molecule has 4 rings (SSSR count). The van der Waals surface area contributed by atoms with Gasteiger partial charge in [0, 0.05) is 25.5 Å². The van der Waals surface area contributed by atoms with E-state index in [0.29, 0.717) is 12.8 Å². The van der Waals surface area contributed by atoms with E-state index in [1.165, 1.54) is 26.7 Å². The number of nitrogens with zero attached hydrogens (tertiary/aromatic N) is 2. The first-order chi connectivity index (χ1) is 15.3. The number of fused-ring (bicyclic) bond motifs is 1. The number of anilines is 1. The summed E-state index contributed by atoms with van der Waals surface area (Å²) in [6, 6.07) is 6.44. The standard InChI is InChI=1S/C23H29N3O5S/c1-3-31-23(28)21-14-17(15-25(21)2)32(29,30)26-13-7-12-20(26)22(27)24-19-11-6-9-16-8-4-5-10-18(16)19/h6,9,11,14-15,20H,3-5,7-8,10,12-13H2,1-2H3,(H,24,27). The predicted molar refractivity (Wildman–Crippen MR) is 120 cm³/mol. The Morgan fingerprint density at radius 2 is 1.97 bits per heavy atom. The van der Waals surface area contributed by atoms with Gasteiger partial charge in [-0.05, 0) is 68.7 Å². The van der Waals surface area contributed by atoms with Gasteiger partial charge in [-0.2, -0.15) is 4.31 Å². The average Bonchev–Trinajstić information content (AvgIpc) is 3.42. The molecule has 1 aliphatic heterocycles. The first-order valence-corrected chi connectivity index (χ1v) is 12.5. The molecule has 1 fully saturated rings. The molecule has 0 radical (unpaired) electrons. The Morgan fingerprint density at radius 3 is 2.75 bits per heavy atom. The SMILES string of the molecule is CCOC(=O)c1cc(S(=O)(=O)N2CCCC2C(=O)Nc2cccc3c2CCCC3)cn1C. The van der Waals surface area contributed by atoms with E-state index in [9.17, 15) is 18.0 Å². The Labute approximate surface area is 188 Å². The summed E-state index contributed by atoms with van der Waals surface area (Å²) in [6.45, 7) is 2.15. The summed E-state index contributed by atoms with van der Waals surface area (Å²) in [4.78, 5) is 25.2. The van der Waals surface area contributed by atoms with Crippen molar-refractivity contribution < 1.29 is 22.7 Å². The summed E-state index contributed by atoms with van der Waals surface area (Å²) >= 11 is 0. The Kier molecular flexibility index (Phi) is 6.39. The van der Waals surface area contributed by atoms with Crippen molar-refractivity contribution in [1.29, 1.82) is 0 Å². The van der Waals surface area contributed by atoms with Crippen LogP contribution in [-0.4, -0.2) is 48.4 Å². The Balaban J connectivity index is 1.56. The van der Waals surface area contributed by atoms with E-state index in [2.05, 4.69) is 11.4 Å². The third kappa shape index (κ3) is 4.19. The highest BCUT2D eigenvalue weighted by Gasteiger charge is 2.40. The highest BCUT2D eigenvalue weighted by atomic mass is 32.2. The number of carbonyl (C=O) groups is 2. The van der Waals surface area contributed by atoms with Crippen molar-refractivity contribution in [2.45, 2.75) is 56.4 Å². The lowest BCUT2D eigenvalue weighted by Crippen LogP contribution is -2.43. The minimum absolute atomic E-state index is 0.0140. The van der Waals surface area contributed by atoms with Crippen molar-refractivity contribution in [3.8, 4) is 0 Å². The molecular weight excluding hydrogens is 430 g/mol. The molecule has 0 bridgehead atoms. The number of esters is 1. The molecular formula is C23H29N3O5S. The average molecular weight is 460 g/mol. The third-order valence-electron chi connectivity index (χ3n) is 6.23. The van der Waals surface area contributed by atoms with Crippen molar-refractivity contribution in [2.24, 2.45) is 7.05 Å². The molecule has 1 amide bonds. The Morgan fingerprint density at radius 1 is 1.19 bits per heavy atom. The van der Waals surface area contributed by atoms with Gasteiger partial charge in [0.1, 0.15) is 16.6 Å². The van der Waals surface area contributed by atoms with Crippen LogP contribution in [0.25, 0.3) is 0 Å². The van der Waals surface area contributed by atoms with Crippen molar-refractivity contribution >= 4 is 27.6 Å². The van der Waals surface area contributed by atoms with E-state index in [4.69, 9.17) is 4.74 Å². The second kappa shape index (κ2) is 9.07. The number of sulfonamides is 1. The zero-order valence-electron chi connectivity index (χ0n) is 18.5. The quantitative estimate of drug-likeness (QED) is 0.670. The molecule has 2 heterocycles. The van der Waals surface area contributed by atoms with Gasteiger partial charge < -0.3 is 14.6 Å². The van der Waals surface area contributed by atoms with Gasteiger partial charge in [-0.15, -0.1) is 0 Å². The molecule has 2 aliphatic rings. The fraction of sp³-hybridized carbons (Fsp3) is 0.478. The lowest BCUT2D eigenvalue weighted by Gasteiger charge is -2.24. The van der Waals surface area contributed by atoms with E-state index < -0.39 is 22.0 Å². The summed E-state index contributed by atoms with van der Waals surface area (Å²) in [5, 5.41) is 2.99. The van der Waals surface area contributed by atoms with Gasteiger partial charge in [-0.1, -0.05) is 12.1 Å². The molecule has 1 saturated heterocycles. The van der Waals surface area contributed by atoms with Crippen LogP contribution in [0.5, 0.6) is 0 Å². The highest BCUT2D eigenvalue weighted by molar-refractivity contribution is 7.89. The maximum Gasteiger partial charge on any atom is 0.354 e. The fourth-order valence-corrected chi connectivity index (χ4v) is 6.35. The summed E-state index contributed by atoms with van der Waals surface area (Å²) in [6.07, 6.45) is 6.59. The van der Waals surface area contributed by atoms with Crippen LogP contribution < -0.4 is 5.32 Å². The molecule has 0 spiro atoms. The highest BCUT2D eigenvalue weighted by Crippen LogP contribution is 2.31. The van der Waals surface area contributed by atoms with Gasteiger partial charge >= 0.3 is 5.97 Å². The topological polar surface area (TPSA) is 97.7 Å². The van der Waals surface area contributed by atoms with Gasteiger partial charge in [-0.3, -0.25) is 4.79 Å². The number of hydrogen-bond donors (Lipinski definition) is 1. The molecule has 1 N–H and O–H groups in total. The van der Waals surface area contributed by atoms with Crippen LogP contribution in [0.15, 0.2) is 35.4 Å². The largest absolute Gasteiger partial charge is 0.461 e. The monoisotopic (exact) mass is 459 g/mol. The number of nitrogens with one attached hydrogen (secondary N) is 1. The number of aromatic nitrogens is 1. The van der Waals surface area contributed by atoms with Crippen molar-refractivity contribution in [3.05, 3.63) is 47.3 Å². The Bertz CT molecular complexity index is 1140. The van der Waals surface area contributed by atoms with Gasteiger partial charge in [0.2, 0.25) is 15.9 Å². The number of carbonyl (C=O) groups excluding carboxylic acids is 2. The van der Waals surface area contributed by atoms with Crippen LogP contribution >= 0.6 is 0 Å². The first kappa shape index (κ1) is 22.5. The third-order valence-corrected chi connectivity index (χ3v) is 8.10. The number of hydrogen-bond acceptors (Lipinski definition) is 5. The van der Waals surface area contributed by atoms with Crippen LogP contribution in [0.1, 0.15) is 54.2 Å². The summed E-state index contributed by atoms with van der Waals surface area (Å²) in [7, 11) is -2.35. The molecule has 9 heteroatoms. The Hall–Kier alpha value is -2.65. The number of ether oxygens (including phenoxy) is 1. The number of amides is 1. The summed E-state index contributed by atoms with van der Waals surface area (Å²) in [5.41, 5.74) is 3.34. The molecule has 1 aliphatic carbocycles. The van der Waals surface area contributed by atoms with E-state index in [1.54, 1.807) is 14.0 Å². The molecule has 2 aromatic rings. The van der Waals surface area contributed by atoms with Crippen LogP contribution in [0, 0.1) is 0 Å². The van der Waals surface area contributed by atoms with E-state index in [0.717, 1.165) is 36.9 Å². The maximum absolute atomic E-state index is 13.4. The zero-order valence-corrected chi connectivity index (χ0v) is 19.3. The summed E-state index contributed by atoms with van der Waals surface area (Å²) in [5.74, 6) is -0.896. The molecule has 1 aromatic carbocycles. The molecule has 32 heavy (non-hydrogen) atoms. The minimum atomic E-state index is -3.95. The van der Waals surface area contributed by atoms with Crippen LogP contribution in [0.2, 0.25) is 0 Å². The van der Waals surface area contributed by atoms with E-state index in [1.807, 2.05) is 12.1 Å². The fourth-order valence-electron chi connectivity index (χ4n) is 4.62. The van der Waals surface area contributed by atoms with Gasteiger partial charge in [-0.25, -0.2) is 13.2 Å². The zero-order chi connectivity index (χ0) is 22.9. The molecule has 1 atom stereocenters. The smallest absolute Gasteiger partial charge is 0.354 e. The van der Waals surface area contributed by atoms with E-state index in [-0.39, 0.29) is 29.6 Å². The minimum Gasteiger partial charge on any atom is -0.461 e. The second-order valence-corrected chi connectivity index (χ2v) is 10.2. The normalized spacial score (nSPS) is 18.9. The number of aryl methyl sites for hydroxylation is 2. The molecule has 0 saturated carbocycles. The van der Waals surface area contributed by atoms with Gasteiger partial charge in [0.25, 0.3) is 0 Å². The maximum atomic E-state index is 13.4. The molecule has 8 nitrogen and oxygen atoms in total. The van der Waals surface area contributed by atoms with Crippen molar-refractivity contribution in [1.82, 2.24) is 8.87 Å². The number of rotatable bonds is 6. The van der Waals surface area contributed by atoms with Crippen molar-refractivity contribution in [3.63, 3.8) is 0 Å². The lowest BCUT2D eigenvalue weighted by atomic mass is 9.90. The van der Waals surface area contributed by atoms with Gasteiger partial charge in [0.15, 0.2) is 0 Å². The van der Waals surface area contributed by atoms with E-state index >= 15 is 0 Å². The molecule has 1 aromatic heterocycles. The first-order valence-electron chi connectivity index (χ1n) is 11.1. The van der Waals surface area contributed by atoms with Crippen molar-refractivity contribution in [2.75, 3.05) is 18.5 Å². The lowest BCUT2D eigenvalue weighted by molar-refractivity contribution is -0.119. The van der Waals surface area contributed by atoms with Crippen LogP contribution in [0.3, 0.4) is 0 Å². The molecule has 1 unspecified atom stereocenters. The van der Waals surface area contributed by atoms with Crippen LogP contribution in [0.4, 0.5) is 5.69 Å².